The fourth-order valence-corrected chi connectivity index (χ4v) is 1.05. The molecule has 0 nitrogen and oxygen atoms in total. The van der Waals surface area contributed by atoms with Crippen LogP contribution in [0.3, 0.4) is 0 Å². The van der Waals surface area contributed by atoms with E-state index >= 15 is 0 Å². The van der Waals surface area contributed by atoms with Crippen LogP contribution in [-0.4, -0.2) is 8.07 Å². The molecule has 0 rings (SSSR count). The van der Waals surface area contributed by atoms with Gasteiger partial charge in [-0.2, -0.15) is 0 Å². The number of hydrogen-bond acceptors (Lipinski definition) is 0. The summed E-state index contributed by atoms with van der Waals surface area (Å²) in [5.41, 5.74) is 3.29. The molecule has 0 aliphatic carbocycles. The van der Waals surface area contributed by atoms with Gasteiger partial charge < -0.3 is 0 Å². The molecular formula is C9H16Si. The fraction of sp³-hybridized carbons (Fsp3) is 0.556. The van der Waals surface area contributed by atoms with Crippen molar-refractivity contribution in [2.75, 3.05) is 0 Å². The van der Waals surface area contributed by atoms with E-state index in [1.165, 1.54) is 0 Å². The summed E-state index contributed by atoms with van der Waals surface area (Å²) in [5.74, 6) is 3.52. The molecule has 0 aromatic rings. The summed E-state index contributed by atoms with van der Waals surface area (Å²) in [4.78, 5) is 0. The molecule has 0 aromatic heterocycles. The Bertz CT molecular complexity index is 163. The minimum Gasteiger partial charge on any atom is -0.131 e. The first-order valence-corrected chi connectivity index (χ1v) is 7.11. The maximum absolute atomic E-state index is 3.67. The van der Waals surface area contributed by atoms with Crippen molar-refractivity contribution in [2.24, 2.45) is 5.92 Å². The van der Waals surface area contributed by atoms with Crippen LogP contribution < -0.4 is 0 Å². The highest BCUT2D eigenvalue weighted by atomic mass is 28.3. The maximum Gasteiger partial charge on any atom is 0.129 e. The first-order chi connectivity index (χ1) is 4.45. The lowest BCUT2D eigenvalue weighted by Gasteiger charge is -2.04. The molecule has 0 radical (unpaired) electrons. The van der Waals surface area contributed by atoms with Gasteiger partial charge in [-0.05, 0) is 6.92 Å². The first-order valence-electron chi connectivity index (χ1n) is 3.61. The molecule has 10 heavy (non-hydrogen) atoms. The molecule has 0 spiro atoms. The highest BCUT2D eigenvalue weighted by Gasteiger charge is 2.07. The number of hydrogen-bond donors (Lipinski definition) is 0. The van der Waals surface area contributed by atoms with E-state index in [1.807, 2.05) is 6.08 Å². The molecule has 0 fully saturated rings. The van der Waals surface area contributed by atoms with Crippen molar-refractivity contribution in [3.8, 4) is 11.5 Å². The standard InChI is InChI=1S/C9H16Si/c1-6-9(2)7-8-10(3,4)5/h6,9H,1H2,2-5H3. The van der Waals surface area contributed by atoms with Gasteiger partial charge in [0.15, 0.2) is 0 Å². The van der Waals surface area contributed by atoms with Gasteiger partial charge in [-0.15, -0.1) is 18.0 Å². The van der Waals surface area contributed by atoms with Crippen molar-refractivity contribution in [1.29, 1.82) is 0 Å². The van der Waals surface area contributed by atoms with E-state index in [4.69, 9.17) is 0 Å². The Labute approximate surface area is 65.3 Å². The average molecular weight is 152 g/mol. The van der Waals surface area contributed by atoms with Gasteiger partial charge in [0.25, 0.3) is 0 Å². The van der Waals surface area contributed by atoms with Crippen LogP contribution in [-0.2, 0) is 0 Å². The van der Waals surface area contributed by atoms with Crippen LogP contribution in [0.4, 0.5) is 0 Å². The van der Waals surface area contributed by atoms with Crippen molar-refractivity contribution >= 4 is 8.07 Å². The van der Waals surface area contributed by atoms with Gasteiger partial charge in [-0.3, -0.25) is 0 Å². The second-order valence-corrected chi connectivity index (χ2v) is 8.29. The molecule has 1 unspecified atom stereocenters. The quantitative estimate of drug-likeness (QED) is 0.308. The molecule has 0 bridgehead atoms. The predicted octanol–water partition coefficient (Wildman–Crippen LogP) is 2.69. The van der Waals surface area contributed by atoms with Crippen molar-refractivity contribution in [3.05, 3.63) is 12.7 Å². The smallest absolute Gasteiger partial charge is 0.129 e. The summed E-state index contributed by atoms with van der Waals surface area (Å²) in [5, 5.41) is 0. The lowest BCUT2D eigenvalue weighted by molar-refractivity contribution is 0.985. The molecule has 56 valence electrons. The van der Waals surface area contributed by atoms with Gasteiger partial charge in [0.2, 0.25) is 0 Å². The van der Waals surface area contributed by atoms with Crippen LogP contribution in [0.25, 0.3) is 0 Å². The lowest BCUT2D eigenvalue weighted by Crippen LogP contribution is -2.16. The molecule has 0 saturated carbocycles. The monoisotopic (exact) mass is 152 g/mol. The van der Waals surface area contributed by atoms with Gasteiger partial charge in [0.1, 0.15) is 8.07 Å². The molecule has 1 atom stereocenters. The summed E-state index contributed by atoms with van der Waals surface area (Å²) >= 11 is 0. The van der Waals surface area contributed by atoms with Gasteiger partial charge >= 0.3 is 0 Å². The highest BCUT2D eigenvalue weighted by molar-refractivity contribution is 6.83. The topological polar surface area (TPSA) is 0 Å². The maximum atomic E-state index is 3.67. The van der Waals surface area contributed by atoms with Gasteiger partial charge in [-0.25, -0.2) is 0 Å². The van der Waals surface area contributed by atoms with E-state index in [0.717, 1.165) is 0 Å². The Balaban J connectivity index is 4.03. The minimum absolute atomic E-state index is 0.353. The van der Waals surface area contributed by atoms with E-state index in [-0.39, 0.29) is 0 Å². The molecule has 0 N–H and O–H groups in total. The predicted molar refractivity (Wildman–Crippen MR) is 50.5 cm³/mol. The van der Waals surface area contributed by atoms with Crippen molar-refractivity contribution in [2.45, 2.75) is 26.6 Å². The molecule has 0 heterocycles. The zero-order valence-corrected chi connectivity index (χ0v) is 8.36. The molecule has 0 aliphatic heterocycles. The van der Waals surface area contributed by atoms with E-state index in [2.05, 4.69) is 44.6 Å². The Morgan fingerprint density at radius 1 is 1.40 bits per heavy atom. The van der Waals surface area contributed by atoms with E-state index in [9.17, 15) is 0 Å². The molecular weight excluding hydrogens is 136 g/mol. The van der Waals surface area contributed by atoms with Crippen molar-refractivity contribution in [3.63, 3.8) is 0 Å². The largest absolute Gasteiger partial charge is 0.131 e. The molecule has 0 saturated heterocycles. The van der Waals surface area contributed by atoms with Crippen LogP contribution >= 0.6 is 0 Å². The van der Waals surface area contributed by atoms with Crippen molar-refractivity contribution < 1.29 is 0 Å². The van der Waals surface area contributed by atoms with Crippen LogP contribution in [0.1, 0.15) is 6.92 Å². The summed E-state index contributed by atoms with van der Waals surface area (Å²) in [6.07, 6.45) is 1.88. The summed E-state index contributed by atoms with van der Waals surface area (Å²) in [6.45, 7) is 12.5. The minimum atomic E-state index is -1.15. The number of rotatable bonds is 1. The molecule has 1 heteroatoms. The van der Waals surface area contributed by atoms with Gasteiger partial charge in [0, 0.05) is 5.92 Å². The zero-order valence-electron chi connectivity index (χ0n) is 7.36. The SMILES string of the molecule is C=CC(C)C#C[Si](C)(C)C. The van der Waals surface area contributed by atoms with E-state index in [1.54, 1.807) is 0 Å². The molecule has 0 aliphatic rings. The Hall–Kier alpha value is -0.483. The van der Waals surface area contributed by atoms with Crippen LogP contribution in [0.5, 0.6) is 0 Å². The van der Waals surface area contributed by atoms with Gasteiger partial charge in [-0.1, -0.05) is 25.7 Å². The normalized spacial score (nSPS) is 13.2. The Morgan fingerprint density at radius 3 is 2.20 bits per heavy atom. The third-order valence-electron chi connectivity index (χ3n) is 1.03. The number of allylic oxidation sites excluding steroid dienone is 1. The zero-order chi connectivity index (χ0) is 8.20. The second kappa shape index (κ2) is 3.63. The first kappa shape index (κ1) is 9.52. The van der Waals surface area contributed by atoms with E-state index < -0.39 is 8.07 Å². The Kier molecular flexibility index (Phi) is 3.45. The van der Waals surface area contributed by atoms with Crippen LogP contribution in [0.2, 0.25) is 19.6 Å². The fourth-order valence-electron chi connectivity index (χ4n) is 0.389. The lowest BCUT2D eigenvalue weighted by atomic mass is 10.2. The van der Waals surface area contributed by atoms with Crippen molar-refractivity contribution in [1.82, 2.24) is 0 Å². The van der Waals surface area contributed by atoms with Crippen LogP contribution in [0.15, 0.2) is 12.7 Å². The second-order valence-electron chi connectivity index (χ2n) is 3.54. The summed E-state index contributed by atoms with van der Waals surface area (Å²) in [6, 6.07) is 0. The Morgan fingerprint density at radius 2 is 1.90 bits per heavy atom. The third kappa shape index (κ3) is 5.65. The molecule has 0 amide bonds. The van der Waals surface area contributed by atoms with Crippen LogP contribution in [0, 0.1) is 17.4 Å². The third-order valence-corrected chi connectivity index (χ3v) is 1.92. The van der Waals surface area contributed by atoms with Gasteiger partial charge in [0.05, 0.1) is 0 Å². The molecule has 0 aromatic carbocycles. The van der Waals surface area contributed by atoms with E-state index in [0.29, 0.717) is 5.92 Å². The summed E-state index contributed by atoms with van der Waals surface area (Å²) in [7, 11) is -1.15. The summed E-state index contributed by atoms with van der Waals surface area (Å²) < 4.78 is 0. The average Bonchev–Trinajstić information content (AvgIpc) is 1.81. The highest BCUT2D eigenvalue weighted by Crippen LogP contribution is 1.99.